The van der Waals surface area contributed by atoms with Crippen LogP contribution in [0.1, 0.15) is 23.1 Å². The van der Waals surface area contributed by atoms with Gasteiger partial charge in [0.05, 0.1) is 6.07 Å². The number of rotatable bonds is 7. The Morgan fingerprint density at radius 2 is 2.00 bits per heavy atom. The van der Waals surface area contributed by atoms with Gasteiger partial charge in [-0.1, -0.05) is 59.8 Å². The Morgan fingerprint density at radius 3 is 2.73 bits per heavy atom. The van der Waals surface area contributed by atoms with Gasteiger partial charge in [0.15, 0.2) is 28.6 Å². The molecule has 3 aromatic rings. The summed E-state index contributed by atoms with van der Waals surface area (Å²) in [6.07, 6.45) is 2.05. The molecular formula is C23H22N4O2S. The minimum absolute atomic E-state index is 0.280. The molecule has 30 heavy (non-hydrogen) atoms. The second-order valence-electron chi connectivity index (χ2n) is 7.03. The molecule has 1 aliphatic heterocycles. The van der Waals surface area contributed by atoms with Gasteiger partial charge in [-0.05, 0) is 31.0 Å². The average Bonchev–Trinajstić information content (AvgIpc) is 3.17. The summed E-state index contributed by atoms with van der Waals surface area (Å²) >= 11 is 1.41. The summed E-state index contributed by atoms with van der Waals surface area (Å²) in [6.45, 7) is 6.77. The third-order valence-electron chi connectivity index (χ3n) is 4.79. The lowest BCUT2D eigenvalue weighted by atomic mass is 10.1. The highest BCUT2D eigenvalue weighted by Crippen LogP contribution is 2.36. The molecule has 2 unspecified atom stereocenters. The molecule has 0 aliphatic carbocycles. The summed E-state index contributed by atoms with van der Waals surface area (Å²) in [5.41, 5.74) is 2.32. The molecule has 7 heteroatoms. The summed E-state index contributed by atoms with van der Waals surface area (Å²) in [5, 5.41) is 18.8. The van der Waals surface area contributed by atoms with E-state index >= 15 is 0 Å². The van der Waals surface area contributed by atoms with Gasteiger partial charge in [-0.3, -0.25) is 4.57 Å². The molecule has 0 bridgehead atoms. The standard InChI is InChI=1S/C23H22N4O2S/c1-3-12-27-22(21-15-28-19-6-4-5-7-20(19)29-21)25-26-23(27)30-18(14-24)13-17-10-8-16(2)9-11-17/h3-11,18,21H,1,12-13,15H2,2H3. The second-order valence-corrected chi connectivity index (χ2v) is 8.20. The Labute approximate surface area is 180 Å². The maximum Gasteiger partial charge on any atom is 0.192 e. The van der Waals surface area contributed by atoms with E-state index in [-0.39, 0.29) is 11.4 Å². The smallest absolute Gasteiger partial charge is 0.192 e. The Hall–Kier alpha value is -3.24. The first kappa shape index (κ1) is 20.0. The van der Waals surface area contributed by atoms with Crippen LogP contribution in [0.25, 0.3) is 0 Å². The van der Waals surface area contributed by atoms with E-state index < -0.39 is 0 Å². The van der Waals surface area contributed by atoms with Crippen molar-refractivity contribution in [2.24, 2.45) is 0 Å². The van der Waals surface area contributed by atoms with Gasteiger partial charge in [-0.25, -0.2) is 0 Å². The summed E-state index contributed by atoms with van der Waals surface area (Å²) in [7, 11) is 0. The van der Waals surface area contributed by atoms with Crippen LogP contribution in [0, 0.1) is 18.3 Å². The Bertz CT molecular complexity index is 1070. The van der Waals surface area contributed by atoms with Crippen molar-refractivity contribution >= 4 is 11.8 Å². The van der Waals surface area contributed by atoms with Crippen molar-refractivity contribution in [2.45, 2.75) is 36.4 Å². The van der Waals surface area contributed by atoms with Crippen molar-refractivity contribution in [1.29, 1.82) is 5.26 Å². The Morgan fingerprint density at radius 1 is 1.23 bits per heavy atom. The van der Waals surface area contributed by atoms with Crippen molar-refractivity contribution in [3.8, 4) is 17.6 Å². The van der Waals surface area contributed by atoms with Crippen LogP contribution >= 0.6 is 11.8 Å². The van der Waals surface area contributed by atoms with Crippen LogP contribution < -0.4 is 9.47 Å². The monoisotopic (exact) mass is 418 g/mol. The zero-order valence-electron chi connectivity index (χ0n) is 16.7. The van der Waals surface area contributed by atoms with Gasteiger partial charge in [0.2, 0.25) is 0 Å². The molecule has 2 atom stereocenters. The number of ether oxygens (including phenoxy) is 2. The van der Waals surface area contributed by atoms with Crippen LogP contribution in [0.3, 0.4) is 0 Å². The summed E-state index contributed by atoms with van der Waals surface area (Å²) in [5.74, 6) is 2.07. The number of para-hydroxylation sites is 2. The fourth-order valence-electron chi connectivity index (χ4n) is 3.25. The van der Waals surface area contributed by atoms with Crippen LogP contribution in [0.4, 0.5) is 0 Å². The number of hydrogen-bond acceptors (Lipinski definition) is 6. The van der Waals surface area contributed by atoms with Crippen molar-refractivity contribution in [2.75, 3.05) is 6.61 Å². The lowest BCUT2D eigenvalue weighted by molar-refractivity contribution is 0.0821. The van der Waals surface area contributed by atoms with Crippen molar-refractivity contribution in [3.05, 3.63) is 78.1 Å². The lowest BCUT2D eigenvalue weighted by Crippen LogP contribution is -2.25. The van der Waals surface area contributed by atoms with E-state index in [1.807, 2.05) is 28.8 Å². The Balaban J connectivity index is 1.54. The number of nitrogens with zero attached hydrogens (tertiary/aromatic N) is 4. The van der Waals surface area contributed by atoms with Crippen LogP contribution in [-0.2, 0) is 13.0 Å². The maximum absolute atomic E-state index is 9.70. The van der Waals surface area contributed by atoms with Gasteiger partial charge in [0.1, 0.15) is 11.9 Å². The van der Waals surface area contributed by atoms with E-state index in [9.17, 15) is 5.26 Å². The van der Waals surface area contributed by atoms with E-state index in [4.69, 9.17) is 9.47 Å². The molecule has 0 spiro atoms. The third kappa shape index (κ3) is 4.34. The number of aromatic nitrogens is 3. The molecule has 1 aliphatic rings. The molecule has 4 rings (SSSR count). The largest absolute Gasteiger partial charge is 0.485 e. The molecule has 1 aromatic heterocycles. The minimum Gasteiger partial charge on any atom is -0.485 e. The highest BCUT2D eigenvalue weighted by molar-refractivity contribution is 8.00. The van der Waals surface area contributed by atoms with Crippen molar-refractivity contribution < 1.29 is 9.47 Å². The molecule has 0 amide bonds. The molecule has 152 valence electrons. The van der Waals surface area contributed by atoms with E-state index in [1.165, 1.54) is 17.3 Å². The minimum atomic E-state index is -0.376. The number of allylic oxidation sites excluding steroid dienone is 1. The fraction of sp³-hybridized carbons (Fsp3) is 0.261. The SMILES string of the molecule is C=CCn1c(SC(C#N)Cc2ccc(C)cc2)nnc1C1COc2ccccc2O1. The van der Waals surface area contributed by atoms with Gasteiger partial charge < -0.3 is 9.47 Å². The first-order valence-corrected chi connectivity index (χ1v) is 10.6. The zero-order chi connectivity index (χ0) is 20.9. The third-order valence-corrected chi connectivity index (χ3v) is 5.86. The van der Waals surface area contributed by atoms with Gasteiger partial charge in [-0.15, -0.1) is 16.8 Å². The van der Waals surface area contributed by atoms with E-state index in [2.05, 4.69) is 54.0 Å². The molecule has 0 radical (unpaired) electrons. The van der Waals surface area contributed by atoms with Gasteiger partial charge in [0, 0.05) is 6.54 Å². The number of nitriles is 1. The zero-order valence-corrected chi connectivity index (χ0v) is 17.5. The second kappa shape index (κ2) is 9.06. The summed E-state index contributed by atoms with van der Waals surface area (Å²) < 4.78 is 13.9. The van der Waals surface area contributed by atoms with Crippen LogP contribution in [0.15, 0.2) is 66.3 Å². The van der Waals surface area contributed by atoms with E-state index in [0.717, 1.165) is 11.3 Å². The molecule has 2 aromatic carbocycles. The highest BCUT2D eigenvalue weighted by Gasteiger charge is 2.29. The highest BCUT2D eigenvalue weighted by atomic mass is 32.2. The van der Waals surface area contributed by atoms with Gasteiger partial charge in [-0.2, -0.15) is 5.26 Å². The topological polar surface area (TPSA) is 73.0 Å². The maximum atomic E-state index is 9.70. The number of hydrogen-bond donors (Lipinski definition) is 0. The molecule has 0 fully saturated rings. The summed E-state index contributed by atoms with van der Waals surface area (Å²) in [6, 6.07) is 18.2. The number of aryl methyl sites for hydroxylation is 1. The molecule has 6 nitrogen and oxygen atoms in total. The van der Waals surface area contributed by atoms with Crippen LogP contribution in [0.2, 0.25) is 0 Å². The van der Waals surface area contributed by atoms with Crippen molar-refractivity contribution in [1.82, 2.24) is 14.8 Å². The molecule has 0 saturated carbocycles. The fourth-order valence-corrected chi connectivity index (χ4v) is 4.22. The molecule has 0 N–H and O–H groups in total. The van der Waals surface area contributed by atoms with E-state index in [1.54, 1.807) is 6.08 Å². The number of benzene rings is 2. The average molecular weight is 419 g/mol. The normalized spacial score (nSPS) is 15.9. The van der Waals surface area contributed by atoms with Gasteiger partial charge >= 0.3 is 0 Å². The van der Waals surface area contributed by atoms with Crippen LogP contribution in [0.5, 0.6) is 11.5 Å². The Kier molecular flexibility index (Phi) is 6.05. The van der Waals surface area contributed by atoms with Gasteiger partial charge in [0.25, 0.3) is 0 Å². The van der Waals surface area contributed by atoms with Crippen molar-refractivity contribution in [3.63, 3.8) is 0 Å². The molecule has 0 saturated heterocycles. The predicted molar refractivity (Wildman–Crippen MR) is 116 cm³/mol. The quantitative estimate of drug-likeness (QED) is 0.415. The van der Waals surface area contributed by atoms with Crippen LogP contribution in [-0.4, -0.2) is 26.6 Å². The molecular weight excluding hydrogens is 396 g/mol. The summed E-state index contributed by atoms with van der Waals surface area (Å²) in [4.78, 5) is 0. The number of thioether (sulfide) groups is 1. The molecule has 2 heterocycles. The lowest BCUT2D eigenvalue weighted by Gasteiger charge is -2.26. The first-order chi connectivity index (χ1) is 14.7. The van der Waals surface area contributed by atoms with E-state index in [0.29, 0.717) is 36.3 Å². The first-order valence-electron chi connectivity index (χ1n) is 9.72. The predicted octanol–water partition coefficient (Wildman–Crippen LogP) is 4.51. The number of fused-ring (bicyclic) bond motifs is 1.